The van der Waals surface area contributed by atoms with Crippen molar-refractivity contribution in [3.05, 3.63) is 34.1 Å². The average Bonchev–Trinajstić information content (AvgIpc) is 2.89. The minimum Gasteiger partial charge on any atom is -0.374 e. The van der Waals surface area contributed by atoms with Crippen LogP contribution in [0.1, 0.15) is 29.6 Å². The van der Waals surface area contributed by atoms with E-state index in [4.69, 9.17) is 4.74 Å². The fourth-order valence-corrected chi connectivity index (χ4v) is 4.62. The van der Waals surface area contributed by atoms with E-state index in [0.29, 0.717) is 16.6 Å². The normalized spacial score (nSPS) is 29.8. The van der Waals surface area contributed by atoms with E-state index in [9.17, 15) is 9.18 Å². The fraction of sp³-hybridized carbons (Fsp3) is 0.533. The van der Waals surface area contributed by atoms with Crippen molar-refractivity contribution in [2.24, 2.45) is 5.92 Å². The van der Waals surface area contributed by atoms with E-state index in [1.807, 2.05) is 11.8 Å². The maximum Gasteiger partial charge on any atom is 0.166 e. The van der Waals surface area contributed by atoms with Crippen LogP contribution in [0.4, 0.5) is 4.39 Å². The molecule has 2 atom stereocenters. The zero-order valence-electron chi connectivity index (χ0n) is 11.0. The van der Waals surface area contributed by atoms with Crippen molar-refractivity contribution in [2.75, 3.05) is 18.1 Å². The van der Waals surface area contributed by atoms with Gasteiger partial charge in [0.2, 0.25) is 0 Å². The second kappa shape index (κ2) is 5.78. The number of carbonyl (C=O) groups is 1. The van der Waals surface area contributed by atoms with Gasteiger partial charge in [0.15, 0.2) is 5.78 Å². The van der Waals surface area contributed by atoms with Crippen LogP contribution in [-0.2, 0) is 4.74 Å². The van der Waals surface area contributed by atoms with Crippen LogP contribution in [0.25, 0.3) is 0 Å². The third-order valence-corrected chi connectivity index (χ3v) is 6.00. The molecule has 20 heavy (non-hydrogen) atoms. The summed E-state index contributed by atoms with van der Waals surface area (Å²) in [5, 5.41) is 0. The number of hydrogen-bond donors (Lipinski definition) is 0. The van der Waals surface area contributed by atoms with Gasteiger partial charge in [-0.25, -0.2) is 4.39 Å². The molecule has 1 aromatic carbocycles. The molecular weight excluding hydrogens is 343 g/mol. The molecule has 2 aliphatic rings. The summed E-state index contributed by atoms with van der Waals surface area (Å²) in [6.45, 7) is 0.635. The van der Waals surface area contributed by atoms with Gasteiger partial charge in [-0.3, -0.25) is 4.79 Å². The van der Waals surface area contributed by atoms with Gasteiger partial charge in [0.25, 0.3) is 0 Å². The number of thioether (sulfide) groups is 1. The van der Waals surface area contributed by atoms with Crippen LogP contribution in [0.3, 0.4) is 0 Å². The smallest absolute Gasteiger partial charge is 0.166 e. The molecule has 0 amide bonds. The summed E-state index contributed by atoms with van der Waals surface area (Å²) in [7, 11) is 0. The Morgan fingerprint density at radius 1 is 1.50 bits per heavy atom. The third kappa shape index (κ3) is 2.81. The lowest BCUT2D eigenvalue weighted by Crippen LogP contribution is -2.42. The molecule has 2 aliphatic heterocycles. The minimum atomic E-state index is -0.381. The molecule has 0 aromatic heterocycles. The zero-order chi connectivity index (χ0) is 14.2. The minimum absolute atomic E-state index is 0.0389. The van der Waals surface area contributed by atoms with E-state index in [-0.39, 0.29) is 23.1 Å². The topological polar surface area (TPSA) is 26.3 Å². The fourth-order valence-electron chi connectivity index (χ4n) is 3.00. The molecule has 2 nitrogen and oxygen atoms in total. The first-order valence-electron chi connectivity index (χ1n) is 6.81. The molecule has 108 valence electrons. The van der Waals surface area contributed by atoms with Crippen LogP contribution >= 0.6 is 27.7 Å². The Kier molecular flexibility index (Phi) is 4.20. The molecule has 1 aromatic rings. The van der Waals surface area contributed by atoms with Gasteiger partial charge in [-0.2, -0.15) is 11.8 Å². The molecule has 1 spiro atoms. The number of rotatable bonds is 2. The maximum absolute atomic E-state index is 13.6. The lowest BCUT2D eigenvalue weighted by Gasteiger charge is -2.37. The van der Waals surface area contributed by atoms with E-state index in [2.05, 4.69) is 15.9 Å². The van der Waals surface area contributed by atoms with Crippen molar-refractivity contribution >= 4 is 33.5 Å². The number of benzene rings is 1. The van der Waals surface area contributed by atoms with Gasteiger partial charge < -0.3 is 4.74 Å². The van der Waals surface area contributed by atoms with Gasteiger partial charge in [-0.15, -0.1) is 0 Å². The van der Waals surface area contributed by atoms with Crippen molar-refractivity contribution < 1.29 is 13.9 Å². The van der Waals surface area contributed by atoms with E-state index < -0.39 is 0 Å². The van der Waals surface area contributed by atoms with Crippen LogP contribution in [0.15, 0.2) is 22.7 Å². The Morgan fingerprint density at radius 3 is 3.05 bits per heavy atom. The second-order valence-electron chi connectivity index (χ2n) is 5.52. The van der Waals surface area contributed by atoms with E-state index >= 15 is 0 Å². The van der Waals surface area contributed by atoms with Crippen LogP contribution in [-0.4, -0.2) is 29.5 Å². The van der Waals surface area contributed by atoms with Crippen LogP contribution in [0.2, 0.25) is 0 Å². The van der Waals surface area contributed by atoms with Crippen LogP contribution in [0.5, 0.6) is 0 Å². The summed E-state index contributed by atoms with van der Waals surface area (Å²) in [5.41, 5.74) is 0.357. The molecule has 5 heteroatoms. The summed E-state index contributed by atoms with van der Waals surface area (Å²) >= 11 is 5.01. The van der Waals surface area contributed by atoms with Gasteiger partial charge in [0, 0.05) is 23.8 Å². The summed E-state index contributed by atoms with van der Waals surface area (Å²) in [6.07, 6.45) is 2.54. The molecule has 0 bridgehead atoms. The van der Waals surface area contributed by atoms with Gasteiger partial charge in [-0.1, -0.05) is 6.07 Å². The van der Waals surface area contributed by atoms with Crippen molar-refractivity contribution in [3.63, 3.8) is 0 Å². The molecule has 2 heterocycles. The Morgan fingerprint density at radius 2 is 2.35 bits per heavy atom. The highest BCUT2D eigenvalue weighted by atomic mass is 79.9. The molecule has 2 unspecified atom stereocenters. The van der Waals surface area contributed by atoms with Gasteiger partial charge >= 0.3 is 0 Å². The Hall–Kier alpha value is -0.390. The van der Waals surface area contributed by atoms with Gasteiger partial charge in [-0.05, 0) is 53.1 Å². The predicted octanol–water partition coefficient (Wildman–Crippen LogP) is 4.07. The van der Waals surface area contributed by atoms with E-state index in [0.717, 1.165) is 30.8 Å². The Labute approximate surface area is 130 Å². The quantitative estimate of drug-likeness (QED) is 0.745. The Bertz CT molecular complexity index is 529. The summed E-state index contributed by atoms with van der Waals surface area (Å²) < 4.78 is 19.9. The first-order chi connectivity index (χ1) is 9.60. The third-order valence-electron chi connectivity index (χ3n) is 4.14. The number of ether oxygens (including phenoxy) is 1. The van der Waals surface area contributed by atoms with Gasteiger partial charge in [0.05, 0.1) is 10.1 Å². The van der Waals surface area contributed by atoms with E-state index in [1.54, 1.807) is 12.1 Å². The number of halogens is 2. The number of hydrogen-bond acceptors (Lipinski definition) is 3. The van der Waals surface area contributed by atoms with Crippen LogP contribution in [0, 0.1) is 11.7 Å². The average molecular weight is 359 g/mol. The maximum atomic E-state index is 13.6. The number of carbonyl (C=O) groups excluding carboxylic acids is 1. The molecule has 0 aliphatic carbocycles. The summed E-state index contributed by atoms with van der Waals surface area (Å²) in [4.78, 5) is 12.6. The predicted molar refractivity (Wildman–Crippen MR) is 81.8 cm³/mol. The number of Topliss-reactive ketones (excluding diaryl/α,β-unsaturated/α-hetero) is 1. The Balaban J connectivity index is 1.77. The van der Waals surface area contributed by atoms with Crippen molar-refractivity contribution in [1.29, 1.82) is 0 Å². The second-order valence-corrected chi connectivity index (χ2v) is 7.48. The molecule has 2 saturated heterocycles. The zero-order valence-corrected chi connectivity index (χ0v) is 13.4. The SMILES string of the molecule is O=C(c1ccc(Br)c(F)c1)C1CCOC2(CCSC2)C1. The monoisotopic (exact) mass is 358 g/mol. The highest BCUT2D eigenvalue weighted by Crippen LogP contribution is 2.41. The molecule has 2 fully saturated rings. The standard InChI is InChI=1S/C15H16BrFO2S/c16-12-2-1-10(7-13(12)17)14(18)11-3-5-19-15(8-11)4-6-20-9-15/h1-2,7,11H,3-6,8-9H2. The largest absolute Gasteiger partial charge is 0.374 e. The van der Waals surface area contributed by atoms with Crippen LogP contribution < -0.4 is 0 Å². The molecule has 0 radical (unpaired) electrons. The first kappa shape index (κ1) is 14.5. The molecular formula is C15H16BrFO2S. The van der Waals surface area contributed by atoms with Crippen molar-refractivity contribution in [3.8, 4) is 0 Å². The van der Waals surface area contributed by atoms with Crippen molar-refractivity contribution in [2.45, 2.75) is 24.9 Å². The summed E-state index contributed by atoms with van der Waals surface area (Å²) in [6, 6.07) is 4.63. The molecule has 0 N–H and O–H groups in total. The highest BCUT2D eigenvalue weighted by molar-refractivity contribution is 9.10. The lowest BCUT2D eigenvalue weighted by atomic mass is 9.81. The molecule has 0 saturated carbocycles. The lowest BCUT2D eigenvalue weighted by molar-refractivity contribution is -0.0734. The summed E-state index contributed by atoms with van der Waals surface area (Å²) in [5.74, 6) is 1.72. The first-order valence-corrected chi connectivity index (χ1v) is 8.75. The number of ketones is 1. The van der Waals surface area contributed by atoms with E-state index in [1.165, 1.54) is 6.07 Å². The van der Waals surface area contributed by atoms with Gasteiger partial charge in [0.1, 0.15) is 5.82 Å². The molecule has 3 rings (SSSR count). The van der Waals surface area contributed by atoms with Crippen molar-refractivity contribution in [1.82, 2.24) is 0 Å². The highest BCUT2D eigenvalue weighted by Gasteiger charge is 2.42.